The molecule has 0 N–H and O–H groups in total. The van der Waals surface area contributed by atoms with Crippen molar-refractivity contribution in [2.75, 3.05) is 7.11 Å². The lowest BCUT2D eigenvalue weighted by Crippen LogP contribution is -2.75. The summed E-state index contributed by atoms with van der Waals surface area (Å²) in [5.74, 6) is 2.54. The molecule has 0 aromatic carbocycles. The van der Waals surface area contributed by atoms with E-state index in [2.05, 4.69) is 20.8 Å². The Balaban J connectivity index is 1.50. The Morgan fingerprint density at radius 2 is 1.93 bits per heavy atom. The molecule has 28 heavy (non-hydrogen) atoms. The zero-order chi connectivity index (χ0) is 19.9. The number of hydrogen-bond acceptors (Lipinski definition) is 4. The number of Topliss-reactive ketones (excluding diaryl/α,β-unsaturated/α-hetero) is 1. The summed E-state index contributed by atoms with van der Waals surface area (Å²) in [5.41, 5.74) is -0.468. The quantitative estimate of drug-likeness (QED) is 0.666. The first-order chi connectivity index (χ1) is 13.3. The van der Waals surface area contributed by atoms with Gasteiger partial charge < -0.3 is 9.47 Å². The van der Waals surface area contributed by atoms with Gasteiger partial charge in [0.25, 0.3) is 0 Å². The summed E-state index contributed by atoms with van der Waals surface area (Å²) < 4.78 is 11.7. The van der Waals surface area contributed by atoms with E-state index in [0.29, 0.717) is 48.4 Å². The molecule has 4 saturated carbocycles. The molecule has 6 fully saturated rings. The molecule has 2 aliphatic heterocycles. The second kappa shape index (κ2) is 6.06. The van der Waals surface area contributed by atoms with Crippen molar-refractivity contribution in [1.82, 2.24) is 0 Å². The van der Waals surface area contributed by atoms with Crippen LogP contribution in [-0.2, 0) is 19.1 Å². The van der Waals surface area contributed by atoms with E-state index in [1.807, 2.05) is 0 Å². The van der Waals surface area contributed by atoms with Crippen LogP contribution in [-0.4, -0.2) is 30.6 Å². The van der Waals surface area contributed by atoms with E-state index in [-0.39, 0.29) is 22.7 Å². The maximum absolute atomic E-state index is 13.9. The van der Waals surface area contributed by atoms with Crippen LogP contribution >= 0.6 is 0 Å². The van der Waals surface area contributed by atoms with Crippen LogP contribution in [0.2, 0.25) is 0 Å². The third-order valence-electron chi connectivity index (χ3n) is 10.3. The summed E-state index contributed by atoms with van der Waals surface area (Å²) in [6, 6.07) is 0. The van der Waals surface area contributed by atoms with Crippen LogP contribution in [0.3, 0.4) is 0 Å². The topological polar surface area (TPSA) is 52.6 Å². The molecule has 4 nitrogen and oxygen atoms in total. The molecule has 6 aliphatic rings. The largest absolute Gasteiger partial charge is 0.469 e. The number of ether oxygens (including phenoxy) is 2. The van der Waals surface area contributed by atoms with Gasteiger partial charge in [0.1, 0.15) is 5.60 Å². The van der Waals surface area contributed by atoms with Gasteiger partial charge in [0, 0.05) is 18.3 Å². The highest BCUT2D eigenvalue weighted by Gasteiger charge is 2.74. The molecular weight excluding hydrogens is 352 g/mol. The maximum Gasteiger partial charge on any atom is 0.305 e. The predicted octanol–water partition coefficient (Wildman–Crippen LogP) is 4.54. The van der Waals surface area contributed by atoms with Crippen LogP contribution in [0.4, 0.5) is 0 Å². The summed E-state index contributed by atoms with van der Waals surface area (Å²) >= 11 is 0. The second-order valence-electron chi connectivity index (χ2n) is 11.2. The summed E-state index contributed by atoms with van der Waals surface area (Å²) in [7, 11) is 1.47. The number of ketones is 1. The zero-order valence-electron chi connectivity index (χ0n) is 18.0. The highest BCUT2D eigenvalue weighted by molar-refractivity contribution is 5.91. The number of carbonyl (C=O) groups excluding carboxylic acids is 2. The number of fused-ring (bicyclic) bond motifs is 3. The maximum atomic E-state index is 13.9. The lowest BCUT2D eigenvalue weighted by molar-refractivity contribution is -0.307. The molecule has 2 heterocycles. The molecule has 0 aromatic heterocycles. The molecule has 0 aromatic rings. The third-order valence-corrected chi connectivity index (χ3v) is 10.3. The van der Waals surface area contributed by atoms with E-state index < -0.39 is 5.60 Å². The van der Waals surface area contributed by atoms with E-state index in [1.54, 1.807) is 0 Å². The van der Waals surface area contributed by atoms with Gasteiger partial charge in [-0.1, -0.05) is 20.8 Å². The van der Waals surface area contributed by atoms with Gasteiger partial charge >= 0.3 is 5.97 Å². The van der Waals surface area contributed by atoms with E-state index in [1.165, 1.54) is 26.4 Å². The molecule has 2 saturated heterocycles. The number of esters is 1. The average molecular weight is 389 g/mol. The number of rotatable bonds is 3. The minimum atomic E-state index is -0.512. The SMILES string of the molecule is COC(=O)CC(C)C1CCC2C3CCC4C[C@H]5CC[C@]4(C)[C@@]3(O5)C(=O)C[C@]12C. The Hall–Kier alpha value is -0.900. The van der Waals surface area contributed by atoms with Gasteiger partial charge in [0.2, 0.25) is 0 Å². The van der Waals surface area contributed by atoms with Crippen LogP contribution in [0.25, 0.3) is 0 Å². The number of hydrogen-bond donors (Lipinski definition) is 0. The van der Waals surface area contributed by atoms with Gasteiger partial charge in [-0.2, -0.15) is 0 Å². The molecule has 0 amide bonds. The van der Waals surface area contributed by atoms with Crippen LogP contribution in [0.15, 0.2) is 0 Å². The Morgan fingerprint density at radius 1 is 1.18 bits per heavy atom. The summed E-state index contributed by atoms with van der Waals surface area (Å²) in [4.78, 5) is 25.8. The fourth-order valence-electron chi connectivity index (χ4n) is 9.08. The fraction of sp³-hybridized carbons (Fsp3) is 0.917. The molecule has 1 spiro atoms. The zero-order valence-corrected chi connectivity index (χ0v) is 18.0. The van der Waals surface area contributed by atoms with E-state index in [0.717, 1.165) is 25.7 Å². The summed E-state index contributed by atoms with van der Waals surface area (Å²) in [6.45, 7) is 6.91. The highest BCUT2D eigenvalue weighted by Crippen LogP contribution is 2.72. The highest BCUT2D eigenvalue weighted by atomic mass is 16.5. The van der Waals surface area contributed by atoms with Crippen molar-refractivity contribution in [3.8, 4) is 0 Å². The monoisotopic (exact) mass is 388 g/mol. The minimum absolute atomic E-state index is 0.00366. The standard InChI is InChI=1S/C24H36O4/c1-14(11-21(26)27-4)17-7-8-18-19-6-5-15-12-16-9-10-23(15,3)24(19,28-16)20(25)13-22(17,18)2/h14-19H,5-13H2,1-4H3/t14?,15?,16-,17?,18?,19?,22-,23+,24+/m1/s1. The van der Waals surface area contributed by atoms with Gasteiger partial charge in [-0.05, 0) is 80.0 Å². The van der Waals surface area contributed by atoms with Crippen LogP contribution in [0, 0.1) is 40.4 Å². The van der Waals surface area contributed by atoms with Crippen molar-refractivity contribution < 1.29 is 19.1 Å². The first-order valence-electron chi connectivity index (χ1n) is 11.5. The molecule has 5 unspecified atom stereocenters. The van der Waals surface area contributed by atoms with Crippen molar-refractivity contribution in [2.45, 2.75) is 90.3 Å². The van der Waals surface area contributed by atoms with E-state index >= 15 is 0 Å². The molecule has 4 bridgehead atoms. The van der Waals surface area contributed by atoms with Crippen molar-refractivity contribution >= 4 is 11.8 Å². The van der Waals surface area contributed by atoms with Gasteiger partial charge in [-0.15, -0.1) is 0 Å². The van der Waals surface area contributed by atoms with E-state index in [9.17, 15) is 9.59 Å². The first kappa shape index (κ1) is 19.1. The summed E-state index contributed by atoms with van der Waals surface area (Å²) in [6.07, 6.45) is 9.60. The Morgan fingerprint density at radius 3 is 2.68 bits per heavy atom. The lowest BCUT2D eigenvalue weighted by atomic mass is 9.40. The second-order valence-corrected chi connectivity index (χ2v) is 11.2. The lowest BCUT2D eigenvalue weighted by Gasteiger charge is -2.70. The molecule has 6 rings (SSSR count). The summed E-state index contributed by atoms with van der Waals surface area (Å²) in [5, 5.41) is 0. The smallest absolute Gasteiger partial charge is 0.305 e. The van der Waals surface area contributed by atoms with Gasteiger partial charge in [0.05, 0.1) is 13.2 Å². The average Bonchev–Trinajstić information content (AvgIpc) is 2.98. The molecule has 4 aliphatic carbocycles. The first-order valence-corrected chi connectivity index (χ1v) is 11.5. The van der Waals surface area contributed by atoms with Gasteiger partial charge in [0.15, 0.2) is 5.78 Å². The number of carbonyl (C=O) groups is 2. The van der Waals surface area contributed by atoms with Gasteiger partial charge in [-0.25, -0.2) is 0 Å². The van der Waals surface area contributed by atoms with Crippen molar-refractivity contribution in [3.63, 3.8) is 0 Å². The minimum Gasteiger partial charge on any atom is -0.469 e. The molecule has 9 atom stereocenters. The van der Waals surface area contributed by atoms with Crippen LogP contribution in [0.5, 0.6) is 0 Å². The Bertz CT molecular complexity index is 703. The van der Waals surface area contributed by atoms with Crippen molar-refractivity contribution in [3.05, 3.63) is 0 Å². The molecular formula is C24H36O4. The fourth-order valence-corrected chi connectivity index (χ4v) is 9.08. The number of methoxy groups -OCH3 is 1. The molecule has 156 valence electrons. The van der Waals surface area contributed by atoms with Gasteiger partial charge in [-0.3, -0.25) is 9.59 Å². The Kier molecular flexibility index (Phi) is 4.13. The van der Waals surface area contributed by atoms with Crippen LogP contribution < -0.4 is 0 Å². The van der Waals surface area contributed by atoms with Crippen LogP contribution in [0.1, 0.15) is 78.6 Å². The van der Waals surface area contributed by atoms with E-state index in [4.69, 9.17) is 9.47 Å². The normalized spacial score (nSPS) is 52.7. The van der Waals surface area contributed by atoms with Crippen molar-refractivity contribution in [1.29, 1.82) is 0 Å². The Labute approximate surface area is 169 Å². The predicted molar refractivity (Wildman–Crippen MR) is 106 cm³/mol. The van der Waals surface area contributed by atoms with Crippen molar-refractivity contribution in [2.24, 2.45) is 40.4 Å². The molecule has 0 radical (unpaired) electrons. The molecule has 4 heteroatoms. The third kappa shape index (κ3) is 2.16.